The van der Waals surface area contributed by atoms with Gasteiger partial charge in [-0.25, -0.2) is 4.98 Å². The molecule has 19 heavy (non-hydrogen) atoms. The van der Waals surface area contributed by atoms with E-state index in [-0.39, 0.29) is 5.28 Å². The maximum Gasteiger partial charge on any atom is 0.226 e. The van der Waals surface area contributed by atoms with Gasteiger partial charge in [0.05, 0.1) is 5.39 Å². The Bertz CT molecular complexity index is 703. The van der Waals surface area contributed by atoms with Crippen LogP contribution in [0.15, 0.2) is 36.5 Å². The summed E-state index contributed by atoms with van der Waals surface area (Å²) >= 11 is 5.90. The van der Waals surface area contributed by atoms with Crippen LogP contribution in [0.5, 0.6) is 0 Å². The van der Waals surface area contributed by atoms with E-state index in [0.29, 0.717) is 6.54 Å². The van der Waals surface area contributed by atoms with E-state index in [1.54, 1.807) is 0 Å². The van der Waals surface area contributed by atoms with Crippen molar-refractivity contribution >= 4 is 28.5 Å². The van der Waals surface area contributed by atoms with Gasteiger partial charge in [0.1, 0.15) is 11.5 Å². The van der Waals surface area contributed by atoms with Gasteiger partial charge in [0.2, 0.25) is 5.28 Å². The van der Waals surface area contributed by atoms with Crippen LogP contribution in [0.1, 0.15) is 11.1 Å². The van der Waals surface area contributed by atoms with E-state index in [1.807, 2.05) is 12.3 Å². The van der Waals surface area contributed by atoms with Crippen LogP contribution in [0.25, 0.3) is 11.0 Å². The van der Waals surface area contributed by atoms with Crippen LogP contribution in [0.2, 0.25) is 5.28 Å². The quantitative estimate of drug-likeness (QED) is 0.717. The lowest BCUT2D eigenvalue weighted by Gasteiger charge is -2.07. The number of hydrogen-bond acceptors (Lipinski definition) is 3. The minimum Gasteiger partial charge on any atom is -0.365 e. The molecule has 3 aromatic rings. The summed E-state index contributed by atoms with van der Waals surface area (Å²) in [6.07, 6.45) is 1.83. The SMILES string of the molecule is Cc1ccc(CNc2nc(Cl)nc3[nH]ccc23)cc1. The fourth-order valence-electron chi connectivity index (χ4n) is 1.94. The Morgan fingerprint density at radius 3 is 2.74 bits per heavy atom. The zero-order chi connectivity index (χ0) is 13.2. The fourth-order valence-corrected chi connectivity index (χ4v) is 2.11. The van der Waals surface area contributed by atoms with Gasteiger partial charge in [-0.3, -0.25) is 0 Å². The molecule has 0 amide bonds. The van der Waals surface area contributed by atoms with Crippen LogP contribution in [0, 0.1) is 6.92 Å². The summed E-state index contributed by atoms with van der Waals surface area (Å²) in [6.45, 7) is 2.78. The van der Waals surface area contributed by atoms with Gasteiger partial charge >= 0.3 is 0 Å². The molecule has 0 radical (unpaired) electrons. The van der Waals surface area contributed by atoms with E-state index < -0.39 is 0 Å². The van der Waals surface area contributed by atoms with E-state index >= 15 is 0 Å². The van der Waals surface area contributed by atoms with Crippen LogP contribution < -0.4 is 5.32 Å². The second-order valence-electron chi connectivity index (χ2n) is 4.42. The fraction of sp³-hybridized carbons (Fsp3) is 0.143. The molecule has 0 spiro atoms. The molecule has 0 atom stereocenters. The van der Waals surface area contributed by atoms with Crippen LogP contribution in [0.3, 0.4) is 0 Å². The summed E-state index contributed by atoms with van der Waals surface area (Å²) in [7, 11) is 0. The molecule has 0 saturated heterocycles. The molecule has 4 nitrogen and oxygen atoms in total. The highest BCUT2D eigenvalue weighted by Crippen LogP contribution is 2.21. The Hall–Kier alpha value is -2.07. The molecule has 96 valence electrons. The summed E-state index contributed by atoms with van der Waals surface area (Å²) in [5, 5.41) is 4.47. The van der Waals surface area contributed by atoms with Gasteiger partial charge in [-0.05, 0) is 30.2 Å². The van der Waals surface area contributed by atoms with Gasteiger partial charge in [0.15, 0.2) is 0 Å². The molecule has 0 bridgehead atoms. The van der Waals surface area contributed by atoms with Crippen LogP contribution in [-0.2, 0) is 6.54 Å². The predicted octanol–water partition coefficient (Wildman–Crippen LogP) is 3.53. The van der Waals surface area contributed by atoms with Crippen molar-refractivity contribution in [2.24, 2.45) is 0 Å². The topological polar surface area (TPSA) is 53.6 Å². The number of benzene rings is 1. The first-order valence-electron chi connectivity index (χ1n) is 6.02. The van der Waals surface area contributed by atoms with Crippen molar-refractivity contribution in [3.63, 3.8) is 0 Å². The average Bonchev–Trinajstić information content (AvgIpc) is 2.85. The van der Waals surface area contributed by atoms with Crippen LogP contribution in [-0.4, -0.2) is 15.0 Å². The third-order valence-electron chi connectivity index (χ3n) is 2.97. The molecule has 0 unspecified atom stereocenters. The highest BCUT2D eigenvalue weighted by Gasteiger charge is 2.06. The normalized spacial score (nSPS) is 10.8. The van der Waals surface area contributed by atoms with Crippen molar-refractivity contribution in [3.8, 4) is 0 Å². The Kier molecular flexibility index (Phi) is 3.09. The number of fused-ring (bicyclic) bond motifs is 1. The van der Waals surface area contributed by atoms with E-state index in [2.05, 4.69) is 51.5 Å². The smallest absolute Gasteiger partial charge is 0.226 e. The lowest BCUT2D eigenvalue weighted by molar-refractivity contribution is 1.10. The third-order valence-corrected chi connectivity index (χ3v) is 3.14. The molecule has 0 aliphatic rings. The highest BCUT2D eigenvalue weighted by atomic mass is 35.5. The lowest BCUT2D eigenvalue weighted by atomic mass is 10.1. The first-order chi connectivity index (χ1) is 9.22. The summed E-state index contributed by atoms with van der Waals surface area (Å²) in [5.74, 6) is 0.747. The first kappa shape index (κ1) is 12.0. The van der Waals surface area contributed by atoms with Crippen molar-refractivity contribution in [3.05, 3.63) is 52.9 Å². The molecule has 2 N–H and O–H groups in total. The highest BCUT2D eigenvalue weighted by molar-refractivity contribution is 6.28. The zero-order valence-corrected chi connectivity index (χ0v) is 11.2. The standard InChI is InChI=1S/C14H13ClN4/c1-9-2-4-10(5-3-9)8-17-13-11-6-7-16-12(11)18-14(15)19-13/h2-7H,8H2,1H3,(H2,16,17,18,19). The van der Waals surface area contributed by atoms with Gasteiger partial charge in [-0.1, -0.05) is 29.8 Å². The molecule has 2 aromatic heterocycles. The number of nitrogens with zero attached hydrogens (tertiary/aromatic N) is 2. The lowest BCUT2D eigenvalue weighted by Crippen LogP contribution is -2.02. The average molecular weight is 273 g/mol. The second kappa shape index (κ2) is 4.90. The first-order valence-corrected chi connectivity index (χ1v) is 6.40. The summed E-state index contributed by atoms with van der Waals surface area (Å²) in [5.41, 5.74) is 3.19. The molecule has 5 heteroatoms. The zero-order valence-electron chi connectivity index (χ0n) is 10.4. The number of hydrogen-bond donors (Lipinski definition) is 2. The van der Waals surface area contributed by atoms with Crippen molar-refractivity contribution in [2.45, 2.75) is 13.5 Å². The molecular weight excluding hydrogens is 260 g/mol. The van der Waals surface area contributed by atoms with E-state index in [4.69, 9.17) is 11.6 Å². The number of nitrogens with one attached hydrogen (secondary N) is 2. The molecule has 3 rings (SSSR count). The number of aryl methyl sites for hydroxylation is 1. The van der Waals surface area contributed by atoms with E-state index in [0.717, 1.165) is 16.9 Å². The largest absolute Gasteiger partial charge is 0.365 e. The minimum atomic E-state index is 0.237. The monoisotopic (exact) mass is 272 g/mol. The Morgan fingerprint density at radius 2 is 1.95 bits per heavy atom. The van der Waals surface area contributed by atoms with Gasteiger partial charge in [-0.15, -0.1) is 0 Å². The number of aromatic amines is 1. The summed E-state index contributed by atoms with van der Waals surface area (Å²) in [4.78, 5) is 11.4. The van der Waals surface area contributed by atoms with Crippen molar-refractivity contribution in [1.82, 2.24) is 15.0 Å². The maximum atomic E-state index is 5.90. The molecule has 1 aromatic carbocycles. The Labute approximate surface area is 115 Å². The van der Waals surface area contributed by atoms with Crippen LogP contribution in [0.4, 0.5) is 5.82 Å². The Morgan fingerprint density at radius 1 is 1.16 bits per heavy atom. The number of H-pyrrole nitrogens is 1. The molecule has 0 aliphatic heterocycles. The predicted molar refractivity (Wildman–Crippen MR) is 77.4 cm³/mol. The van der Waals surface area contributed by atoms with Gasteiger partial charge < -0.3 is 10.3 Å². The van der Waals surface area contributed by atoms with Crippen molar-refractivity contribution in [1.29, 1.82) is 0 Å². The summed E-state index contributed by atoms with van der Waals surface area (Å²) in [6, 6.07) is 10.3. The minimum absolute atomic E-state index is 0.237. The van der Waals surface area contributed by atoms with Gasteiger partial charge in [-0.2, -0.15) is 4.98 Å². The third kappa shape index (κ3) is 2.53. The number of halogens is 1. The van der Waals surface area contributed by atoms with Gasteiger partial charge in [0.25, 0.3) is 0 Å². The maximum absolute atomic E-state index is 5.90. The summed E-state index contributed by atoms with van der Waals surface area (Å²) < 4.78 is 0. The van der Waals surface area contributed by atoms with Crippen LogP contribution >= 0.6 is 11.6 Å². The second-order valence-corrected chi connectivity index (χ2v) is 4.76. The van der Waals surface area contributed by atoms with Crippen molar-refractivity contribution in [2.75, 3.05) is 5.32 Å². The number of aromatic nitrogens is 3. The number of anilines is 1. The van der Waals surface area contributed by atoms with Gasteiger partial charge in [0, 0.05) is 12.7 Å². The molecule has 2 heterocycles. The van der Waals surface area contributed by atoms with Crippen molar-refractivity contribution < 1.29 is 0 Å². The molecule has 0 aliphatic carbocycles. The Balaban J connectivity index is 1.85. The molecular formula is C14H13ClN4. The number of rotatable bonds is 3. The van der Waals surface area contributed by atoms with E-state index in [9.17, 15) is 0 Å². The molecule has 0 fully saturated rings. The molecule has 0 saturated carbocycles. The van der Waals surface area contributed by atoms with E-state index in [1.165, 1.54) is 11.1 Å².